The van der Waals surface area contributed by atoms with Crippen LogP contribution in [0.1, 0.15) is 13.2 Å². The van der Waals surface area contributed by atoms with Gasteiger partial charge in [0.05, 0.1) is 19.0 Å². The van der Waals surface area contributed by atoms with E-state index in [0.29, 0.717) is 12.4 Å². The number of ether oxygens (including phenoxy) is 2. The molecule has 0 aliphatic carbocycles. The van der Waals surface area contributed by atoms with E-state index in [1.54, 1.807) is 0 Å². The Labute approximate surface area is 170 Å². The zero-order chi connectivity index (χ0) is 21.3. The summed E-state index contributed by atoms with van der Waals surface area (Å²) in [7, 11) is 0. The Morgan fingerprint density at radius 2 is 2.00 bits per heavy atom. The maximum absolute atomic E-state index is 14.1. The number of benzene rings is 1. The highest BCUT2D eigenvalue weighted by Crippen LogP contribution is 2.32. The minimum Gasteiger partial charge on any atom is -0.491 e. The highest BCUT2D eigenvalue weighted by molar-refractivity contribution is 5.82. The van der Waals surface area contributed by atoms with Crippen LogP contribution >= 0.6 is 0 Å². The van der Waals surface area contributed by atoms with Crippen LogP contribution in [0.3, 0.4) is 0 Å². The molecule has 1 fully saturated rings. The van der Waals surface area contributed by atoms with Gasteiger partial charge in [-0.15, -0.1) is 0 Å². The first-order valence-electron chi connectivity index (χ1n) is 9.45. The summed E-state index contributed by atoms with van der Waals surface area (Å²) in [6, 6.07) is 9.04. The molecule has 4 N–H and O–H groups in total. The number of hydrogen-bond acceptors (Lipinski definition) is 9. The normalized spacial score (nSPS) is 24.8. The molecule has 0 radical (unpaired) electrons. The van der Waals surface area contributed by atoms with Crippen LogP contribution in [-0.4, -0.2) is 72.4 Å². The Balaban J connectivity index is 1.55. The van der Waals surface area contributed by atoms with Crippen LogP contribution in [0.4, 0.5) is 10.2 Å². The van der Waals surface area contributed by atoms with E-state index in [1.807, 2.05) is 37.3 Å². The zero-order valence-electron chi connectivity index (χ0n) is 16.1. The average Bonchev–Trinajstić information content (AvgIpc) is 3.28. The highest BCUT2D eigenvalue weighted by atomic mass is 19.1. The van der Waals surface area contributed by atoms with Crippen LogP contribution in [0.5, 0.6) is 5.75 Å². The van der Waals surface area contributed by atoms with Crippen LogP contribution < -0.4 is 10.1 Å². The molecule has 30 heavy (non-hydrogen) atoms. The van der Waals surface area contributed by atoms with Crippen molar-refractivity contribution in [2.24, 2.45) is 0 Å². The molecule has 160 valence electrons. The summed E-state index contributed by atoms with van der Waals surface area (Å²) in [5.41, 5.74) is 0.344. The van der Waals surface area contributed by atoms with Gasteiger partial charge in [0.25, 0.3) is 0 Å². The SMILES string of the molecule is C[C@H](COc1ccccc1)Nc1nc(F)nc2c1ncn2[C@@H]1O[C@H](CO)C(O)C1O. The first-order chi connectivity index (χ1) is 14.5. The molecule has 0 amide bonds. The second-order valence-electron chi connectivity index (χ2n) is 7.06. The van der Waals surface area contributed by atoms with Crippen LogP contribution in [0.25, 0.3) is 11.2 Å². The molecule has 2 unspecified atom stereocenters. The Bertz CT molecular complexity index is 1000. The highest BCUT2D eigenvalue weighted by Gasteiger charge is 2.44. The Hall–Kier alpha value is -2.86. The van der Waals surface area contributed by atoms with Crippen LogP contribution in [0.15, 0.2) is 36.7 Å². The second kappa shape index (κ2) is 8.48. The number of hydrogen-bond donors (Lipinski definition) is 4. The number of para-hydroxylation sites is 1. The van der Waals surface area contributed by atoms with Crippen molar-refractivity contribution in [2.75, 3.05) is 18.5 Å². The maximum Gasteiger partial charge on any atom is 0.312 e. The summed E-state index contributed by atoms with van der Waals surface area (Å²) < 4.78 is 26.6. The van der Waals surface area contributed by atoms with E-state index in [4.69, 9.17) is 9.47 Å². The zero-order valence-corrected chi connectivity index (χ0v) is 16.1. The number of rotatable bonds is 7. The van der Waals surface area contributed by atoms with Gasteiger partial charge in [-0.1, -0.05) is 18.2 Å². The monoisotopic (exact) mass is 419 g/mol. The van der Waals surface area contributed by atoms with E-state index < -0.39 is 37.2 Å². The fourth-order valence-electron chi connectivity index (χ4n) is 3.30. The fourth-order valence-corrected chi connectivity index (χ4v) is 3.30. The number of halogens is 1. The predicted octanol–water partition coefficient (Wildman–Crippen LogP) is 0.456. The van der Waals surface area contributed by atoms with Crippen molar-refractivity contribution in [3.63, 3.8) is 0 Å². The summed E-state index contributed by atoms with van der Waals surface area (Å²) in [5.74, 6) is 0.867. The molecule has 0 bridgehead atoms. The predicted molar refractivity (Wildman–Crippen MR) is 103 cm³/mol. The quantitative estimate of drug-likeness (QED) is 0.403. The molecule has 11 heteroatoms. The third-order valence-electron chi connectivity index (χ3n) is 4.81. The second-order valence-corrected chi connectivity index (χ2v) is 7.06. The molecule has 1 aliphatic rings. The molecule has 10 nitrogen and oxygen atoms in total. The molecule has 0 saturated carbocycles. The maximum atomic E-state index is 14.1. The lowest BCUT2D eigenvalue weighted by Gasteiger charge is -2.17. The number of fused-ring (bicyclic) bond motifs is 1. The van der Waals surface area contributed by atoms with Gasteiger partial charge in [0.15, 0.2) is 23.2 Å². The third-order valence-corrected chi connectivity index (χ3v) is 4.81. The lowest BCUT2D eigenvalue weighted by molar-refractivity contribution is -0.0511. The Kier molecular flexibility index (Phi) is 5.77. The van der Waals surface area contributed by atoms with E-state index in [2.05, 4.69) is 20.3 Å². The van der Waals surface area contributed by atoms with Crippen LogP contribution in [-0.2, 0) is 4.74 Å². The van der Waals surface area contributed by atoms with Gasteiger partial charge in [0, 0.05) is 0 Å². The Morgan fingerprint density at radius 1 is 1.23 bits per heavy atom. The number of anilines is 1. The van der Waals surface area contributed by atoms with Crippen LogP contribution in [0, 0.1) is 6.08 Å². The summed E-state index contributed by atoms with van der Waals surface area (Å²) in [6.45, 7) is 1.67. The standard InChI is InChI=1S/C19H22FN5O5/c1-10(8-29-11-5-3-2-4-6-11)22-16-13-17(24-19(20)23-16)25(9-21-13)18-15(28)14(27)12(7-26)30-18/h2-6,9-10,12,14-15,18,26-28H,7-8H2,1H3,(H,22,23,24)/t10-,12-,14?,15?,18-/m1/s1. The van der Waals surface area contributed by atoms with Gasteiger partial charge < -0.3 is 30.1 Å². The van der Waals surface area contributed by atoms with Gasteiger partial charge in [-0.25, -0.2) is 4.98 Å². The largest absolute Gasteiger partial charge is 0.491 e. The van der Waals surface area contributed by atoms with E-state index in [9.17, 15) is 19.7 Å². The molecular formula is C19H22FN5O5. The van der Waals surface area contributed by atoms with Gasteiger partial charge >= 0.3 is 6.08 Å². The van der Waals surface area contributed by atoms with Crippen molar-refractivity contribution in [3.05, 3.63) is 42.7 Å². The van der Waals surface area contributed by atoms with E-state index >= 15 is 0 Å². The summed E-state index contributed by atoms with van der Waals surface area (Å²) in [5, 5.41) is 32.6. The fraction of sp³-hybridized carbons (Fsp3) is 0.421. The van der Waals surface area contributed by atoms with Gasteiger partial charge in [0.1, 0.15) is 30.7 Å². The van der Waals surface area contributed by atoms with Crippen LogP contribution in [0.2, 0.25) is 0 Å². The lowest BCUT2D eigenvalue weighted by atomic mass is 10.1. The van der Waals surface area contributed by atoms with Gasteiger partial charge in [-0.05, 0) is 19.1 Å². The van der Waals surface area contributed by atoms with Gasteiger partial charge in [-0.2, -0.15) is 14.4 Å². The minimum atomic E-state index is -1.34. The van der Waals surface area contributed by atoms with Gasteiger partial charge in [0.2, 0.25) is 0 Å². The molecule has 5 atom stereocenters. The van der Waals surface area contributed by atoms with Crippen molar-refractivity contribution in [2.45, 2.75) is 37.5 Å². The molecule has 3 aromatic rings. The molecular weight excluding hydrogens is 397 g/mol. The first-order valence-corrected chi connectivity index (χ1v) is 9.45. The van der Waals surface area contributed by atoms with Crippen molar-refractivity contribution >= 4 is 17.0 Å². The summed E-state index contributed by atoms with van der Waals surface area (Å²) in [4.78, 5) is 11.8. The van der Waals surface area contributed by atoms with Crippen molar-refractivity contribution in [3.8, 4) is 5.75 Å². The number of aliphatic hydroxyl groups excluding tert-OH is 3. The molecule has 4 rings (SSSR count). The van der Waals surface area contributed by atoms with Crippen molar-refractivity contribution < 1.29 is 29.2 Å². The molecule has 0 spiro atoms. The van der Waals surface area contributed by atoms with Crippen molar-refractivity contribution in [1.82, 2.24) is 19.5 Å². The number of nitrogens with one attached hydrogen (secondary N) is 1. The summed E-state index contributed by atoms with van der Waals surface area (Å²) >= 11 is 0. The topological polar surface area (TPSA) is 135 Å². The molecule has 1 aliphatic heterocycles. The van der Waals surface area contributed by atoms with E-state index in [0.717, 1.165) is 0 Å². The van der Waals surface area contributed by atoms with E-state index in [-0.39, 0.29) is 23.0 Å². The smallest absolute Gasteiger partial charge is 0.312 e. The number of aromatic nitrogens is 4. The number of aliphatic hydroxyl groups is 3. The molecule has 3 heterocycles. The van der Waals surface area contributed by atoms with E-state index in [1.165, 1.54) is 10.9 Å². The summed E-state index contributed by atoms with van der Waals surface area (Å²) in [6.07, 6.45) is -4.36. The lowest BCUT2D eigenvalue weighted by Crippen LogP contribution is -2.33. The first kappa shape index (κ1) is 20.4. The number of imidazole rings is 1. The third kappa shape index (κ3) is 3.92. The van der Waals surface area contributed by atoms with Crippen molar-refractivity contribution in [1.29, 1.82) is 0 Å². The minimum absolute atomic E-state index is 0.0796. The molecule has 1 aromatic carbocycles. The molecule has 2 aromatic heterocycles. The average molecular weight is 419 g/mol. The number of nitrogens with zero attached hydrogens (tertiary/aromatic N) is 4. The molecule has 1 saturated heterocycles. The Morgan fingerprint density at radius 3 is 2.70 bits per heavy atom. The van der Waals surface area contributed by atoms with Gasteiger partial charge in [-0.3, -0.25) is 4.57 Å².